The average molecular weight is 688 g/mol. The second kappa shape index (κ2) is 13.9. The molecule has 0 radical (unpaired) electrons. The van der Waals surface area contributed by atoms with Gasteiger partial charge in [0, 0.05) is 27.7 Å². The summed E-state index contributed by atoms with van der Waals surface area (Å²) in [4.78, 5) is 42.0. The second-order valence-electron chi connectivity index (χ2n) is 13.1. The minimum Gasteiger partial charge on any atom is -0.455 e. The van der Waals surface area contributed by atoms with Gasteiger partial charge in [0.15, 0.2) is 0 Å². The topological polar surface area (TPSA) is 95.9 Å². The molecule has 1 heterocycles. The van der Waals surface area contributed by atoms with E-state index < -0.39 is 47.2 Å². The van der Waals surface area contributed by atoms with Crippen molar-refractivity contribution in [1.82, 2.24) is 10.2 Å². The quantitative estimate of drug-likeness (QED) is 0.241. The average Bonchev–Trinajstić information content (AvgIpc) is 3.01. The molecule has 5 rings (SSSR count). The van der Waals surface area contributed by atoms with Crippen LogP contribution >= 0.6 is 23.2 Å². The van der Waals surface area contributed by atoms with Crippen molar-refractivity contribution in [3.05, 3.63) is 105 Å². The molecule has 1 aliphatic heterocycles. The number of carbonyl (C=O) groups excluding carboxylic acids is 3. The molecule has 0 aromatic heterocycles. The van der Waals surface area contributed by atoms with Crippen molar-refractivity contribution in [2.24, 2.45) is 0 Å². The van der Waals surface area contributed by atoms with E-state index in [0.717, 1.165) is 12.8 Å². The maximum absolute atomic E-state index is 14.7. The lowest BCUT2D eigenvalue weighted by Crippen LogP contribution is -2.55. The molecule has 4 atom stereocenters. The van der Waals surface area contributed by atoms with Crippen LogP contribution in [0.15, 0.2) is 66.7 Å². The minimum absolute atomic E-state index is 0.167. The van der Waals surface area contributed by atoms with E-state index in [-0.39, 0.29) is 18.4 Å². The van der Waals surface area contributed by atoms with Gasteiger partial charge in [-0.25, -0.2) is 4.79 Å². The number of fused-ring (bicyclic) bond motifs is 1. The van der Waals surface area contributed by atoms with Gasteiger partial charge in [-0.1, -0.05) is 84.6 Å². The number of nitrogens with zero attached hydrogens (tertiary/aromatic N) is 1. The standard InChI is InChI=1S/C36H38Cl2F2N2O5/c1-35(2,3)47-34(46)36(39,40)22-14-12-21(13-15-22)18-19-41-32(44)30-24-8-4-5-9-25(24)33(45)42(28-10-6-7-11-29(28)43)31(30)26-17-16-23(37)20-27(26)38/h4-5,8-9,12-17,20,28-31,43H,6-7,10-11,18-19H2,1-3H3,(H,41,44)/t28?,29-,30+,31-/m0/s1. The van der Waals surface area contributed by atoms with Crippen LogP contribution in [0.3, 0.4) is 0 Å². The van der Waals surface area contributed by atoms with Gasteiger partial charge in [0.2, 0.25) is 5.91 Å². The van der Waals surface area contributed by atoms with Gasteiger partial charge in [-0.15, -0.1) is 0 Å². The molecule has 1 saturated carbocycles. The van der Waals surface area contributed by atoms with Crippen molar-refractivity contribution in [2.75, 3.05) is 6.54 Å². The first-order valence-corrected chi connectivity index (χ1v) is 16.5. The Morgan fingerprint density at radius 3 is 2.32 bits per heavy atom. The van der Waals surface area contributed by atoms with Crippen molar-refractivity contribution in [3.63, 3.8) is 0 Å². The Hall–Kier alpha value is -3.53. The van der Waals surface area contributed by atoms with Gasteiger partial charge >= 0.3 is 11.9 Å². The smallest absolute Gasteiger partial charge is 0.382 e. The second-order valence-corrected chi connectivity index (χ2v) is 14.0. The van der Waals surface area contributed by atoms with Crippen LogP contribution in [0, 0.1) is 0 Å². The van der Waals surface area contributed by atoms with E-state index in [2.05, 4.69) is 5.32 Å². The van der Waals surface area contributed by atoms with Crippen molar-refractivity contribution in [2.45, 2.75) is 88.5 Å². The first-order chi connectivity index (χ1) is 22.2. The molecular formula is C36H38Cl2F2N2O5. The lowest BCUT2D eigenvalue weighted by Gasteiger charge is -2.48. The number of nitrogens with one attached hydrogen (secondary N) is 1. The van der Waals surface area contributed by atoms with Crippen LogP contribution in [0.1, 0.15) is 91.0 Å². The number of alkyl halides is 2. The van der Waals surface area contributed by atoms with Crippen molar-refractivity contribution >= 4 is 41.0 Å². The molecule has 11 heteroatoms. The summed E-state index contributed by atoms with van der Waals surface area (Å²) in [7, 11) is 0. The third-order valence-electron chi connectivity index (χ3n) is 8.68. The first kappa shape index (κ1) is 34.8. The predicted molar refractivity (Wildman–Crippen MR) is 176 cm³/mol. The maximum atomic E-state index is 14.7. The van der Waals surface area contributed by atoms with Gasteiger partial charge in [-0.3, -0.25) is 9.59 Å². The zero-order valence-electron chi connectivity index (χ0n) is 26.4. The van der Waals surface area contributed by atoms with E-state index in [9.17, 15) is 28.3 Å². The number of amides is 2. The Morgan fingerprint density at radius 1 is 0.979 bits per heavy atom. The largest absolute Gasteiger partial charge is 0.455 e. The summed E-state index contributed by atoms with van der Waals surface area (Å²) >= 11 is 13.0. The summed E-state index contributed by atoms with van der Waals surface area (Å²) in [6.45, 7) is 4.72. The SMILES string of the molecule is CC(C)(C)OC(=O)C(F)(F)c1ccc(CCNC(=O)[C@@H]2c3ccccc3C(=O)N(C3CCCC[C@@H]3O)[C@H]2c2ccc(Cl)cc2Cl)cc1. The minimum atomic E-state index is -3.82. The number of aliphatic hydroxyl groups excluding tert-OH is 1. The van der Waals surface area contributed by atoms with Gasteiger partial charge in [-0.2, -0.15) is 8.78 Å². The molecule has 250 valence electrons. The molecule has 2 N–H and O–H groups in total. The fourth-order valence-corrected chi connectivity index (χ4v) is 6.99. The molecule has 2 amide bonds. The summed E-state index contributed by atoms with van der Waals surface area (Å²) in [5, 5.41) is 14.8. The van der Waals surface area contributed by atoms with Gasteiger partial charge < -0.3 is 20.1 Å². The van der Waals surface area contributed by atoms with Crippen LogP contribution in [-0.4, -0.2) is 52.1 Å². The number of hydrogen-bond donors (Lipinski definition) is 2. The highest BCUT2D eigenvalue weighted by Crippen LogP contribution is 2.47. The summed E-state index contributed by atoms with van der Waals surface area (Å²) in [5.74, 6) is -6.95. The molecule has 0 bridgehead atoms. The molecule has 47 heavy (non-hydrogen) atoms. The van der Waals surface area contributed by atoms with Crippen LogP contribution in [0.25, 0.3) is 0 Å². The third kappa shape index (κ3) is 7.47. The molecular weight excluding hydrogens is 649 g/mol. The Balaban J connectivity index is 1.41. The summed E-state index contributed by atoms with van der Waals surface area (Å²) in [6.07, 6.45) is 2.33. The third-order valence-corrected chi connectivity index (χ3v) is 9.24. The zero-order chi connectivity index (χ0) is 34.1. The van der Waals surface area contributed by atoms with Gasteiger partial charge in [0.05, 0.1) is 24.1 Å². The summed E-state index contributed by atoms with van der Waals surface area (Å²) in [5.41, 5.74) is 0.580. The fraction of sp³-hybridized carbons (Fsp3) is 0.417. The van der Waals surface area contributed by atoms with Gasteiger partial charge in [-0.05, 0) is 74.9 Å². The Morgan fingerprint density at radius 2 is 1.66 bits per heavy atom. The van der Waals surface area contributed by atoms with Crippen LogP contribution in [0.4, 0.5) is 8.78 Å². The molecule has 3 aromatic rings. The highest BCUT2D eigenvalue weighted by Gasteiger charge is 2.49. The normalized spacial score (nSPS) is 21.6. The number of ether oxygens (including phenoxy) is 1. The summed E-state index contributed by atoms with van der Waals surface area (Å²) in [6, 6.07) is 15.9. The first-order valence-electron chi connectivity index (χ1n) is 15.7. The Kier molecular flexibility index (Phi) is 10.3. The zero-order valence-corrected chi connectivity index (χ0v) is 28.0. The summed E-state index contributed by atoms with van der Waals surface area (Å²) < 4.78 is 34.4. The molecule has 1 aliphatic carbocycles. The molecule has 2 aliphatic rings. The van der Waals surface area contributed by atoms with Crippen LogP contribution in [0.5, 0.6) is 0 Å². The number of aliphatic hydroxyl groups is 1. The van der Waals surface area contributed by atoms with Gasteiger partial charge in [0.25, 0.3) is 5.91 Å². The van der Waals surface area contributed by atoms with Crippen molar-refractivity contribution < 1.29 is 33.0 Å². The van der Waals surface area contributed by atoms with Gasteiger partial charge in [0.1, 0.15) is 5.60 Å². The maximum Gasteiger partial charge on any atom is 0.382 e. The van der Waals surface area contributed by atoms with Crippen LogP contribution in [0.2, 0.25) is 10.0 Å². The lowest BCUT2D eigenvalue weighted by molar-refractivity contribution is -0.185. The van der Waals surface area contributed by atoms with Crippen molar-refractivity contribution in [3.8, 4) is 0 Å². The van der Waals surface area contributed by atoms with E-state index in [1.807, 2.05) is 0 Å². The lowest BCUT2D eigenvalue weighted by atomic mass is 9.76. The van der Waals surface area contributed by atoms with E-state index >= 15 is 0 Å². The molecule has 0 saturated heterocycles. The van der Waals surface area contributed by atoms with Crippen LogP contribution < -0.4 is 5.32 Å². The number of rotatable bonds is 8. The highest BCUT2D eigenvalue weighted by atomic mass is 35.5. The molecule has 1 fully saturated rings. The monoisotopic (exact) mass is 686 g/mol. The predicted octanol–water partition coefficient (Wildman–Crippen LogP) is 7.37. The van der Waals surface area contributed by atoms with E-state index in [4.69, 9.17) is 27.9 Å². The number of carbonyl (C=O) groups is 3. The van der Waals surface area contributed by atoms with E-state index in [0.29, 0.717) is 51.6 Å². The van der Waals surface area contributed by atoms with E-state index in [1.54, 1.807) is 47.4 Å². The molecule has 7 nitrogen and oxygen atoms in total. The Labute approximate surface area is 283 Å². The fourth-order valence-electron chi connectivity index (χ4n) is 6.47. The number of halogens is 4. The molecule has 0 spiro atoms. The number of benzene rings is 3. The van der Waals surface area contributed by atoms with Crippen LogP contribution in [-0.2, 0) is 26.7 Å². The highest BCUT2D eigenvalue weighted by molar-refractivity contribution is 6.35. The van der Waals surface area contributed by atoms with E-state index in [1.165, 1.54) is 45.0 Å². The Bertz CT molecular complexity index is 1640. The molecule has 1 unspecified atom stereocenters. The number of hydrogen-bond acceptors (Lipinski definition) is 5. The molecule has 3 aromatic carbocycles. The number of esters is 1. The van der Waals surface area contributed by atoms with Crippen molar-refractivity contribution in [1.29, 1.82) is 0 Å².